The van der Waals surface area contributed by atoms with Crippen LogP contribution in [0, 0.1) is 0 Å². The number of hydrogen-bond donors (Lipinski definition) is 2. The first-order valence-corrected chi connectivity index (χ1v) is 15.2. The molecule has 9 heteroatoms. The highest BCUT2D eigenvalue weighted by Gasteiger charge is 2.31. The van der Waals surface area contributed by atoms with Gasteiger partial charge in [0.05, 0.1) is 5.56 Å². The fourth-order valence-corrected chi connectivity index (χ4v) is 5.69. The molecule has 5 rings (SSSR count). The average molecular weight is 615 g/mol. The lowest BCUT2D eigenvalue weighted by molar-refractivity contribution is -0.137. The number of alkyl halides is 3. The van der Waals surface area contributed by atoms with Crippen molar-refractivity contribution in [2.75, 3.05) is 42.9 Å². The van der Waals surface area contributed by atoms with E-state index >= 15 is 0 Å². The number of carbonyl (C=O) groups excluding carboxylic acids is 2. The second kappa shape index (κ2) is 14.4. The predicted molar refractivity (Wildman–Crippen MR) is 172 cm³/mol. The van der Waals surface area contributed by atoms with E-state index in [0.717, 1.165) is 62.4 Å². The number of hydrogen-bond acceptors (Lipinski definition) is 4. The molecule has 0 radical (unpaired) electrons. The van der Waals surface area contributed by atoms with Crippen molar-refractivity contribution in [3.63, 3.8) is 0 Å². The summed E-state index contributed by atoms with van der Waals surface area (Å²) in [4.78, 5) is 31.0. The molecule has 4 aromatic rings. The lowest BCUT2D eigenvalue weighted by Crippen LogP contribution is -2.42. The highest BCUT2D eigenvalue weighted by molar-refractivity contribution is 6.08. The first kappa shape index (κ1) is 31.8. The molecule has 1 heterocycles. The van der Waals surface area contributed by atoms with Crippen molar-refractivity contribution in [2.24, 2.45) is 0 Å². The summed E-state index contributed by atoms with van der Waals surface area (Å²) in [5.41, 5.74) is 3.32. The van der Waals surface area contributed by atoms with Crippen molar-refractivity contribution in [3.05, 3.63) is 120 Å². The number of carbonyl (C=O) groups is 2. The van der Waals surface area contributed by atoms with Gasteiger partial charge in [0.1, 0.15) is 6.04 Å². The zero-order chi connectivity index (χ0) is 31.8. The molecule has 0 bridgehead atoms. The molecule has 0 aromatic heterocycles. The van der Waals surface area contributed by atoms with Gasteiger partial charge in [-0.1, -0.05) is 67.6 Å². The molecular weight excluding hydrogens is 577 g/mol. The maximum Gasteiger partial charge on any atom is 0.416 e. The van der Waals surface area contributed by atoms with Crippen LogP contribution in [-0.4, -0.2) is 49.4 Å². The van der Waals surface area contributed by atoms with Gasteiger partial charge in [0.25, 0.3) is 5.91 Å². The second-order valence-corrected chi connectivity index (χ2v) is 11.1. The van der Waals surface area contributed by atoms with Crippen LogP contribution in [0.2, 0.25) is 0 Å². The molecule has 1 aliphatic heterocycles. The first-order chi connectivity index (χ1) is 21.7. The zero-order valence-corrected chi connectivity index (χ0v) is 25.2. The highest BCUT2D eigenvalue weighted by Crippen LogP contribution is 2.32. The number of amides is 2. The molecule has 45 heavy (non-hydrogen) atoms. The molecule has 1 aliphatic rings. The fourth-order valence-electron chi connectivity index (χ4n) is 5.69. The van der Waals surface area contributed by atoms with Crippen molar-refractivity contribution in [2.45, 2.75) is 32.0 Å². The second-order valence-electron chi connectivity index (χ2n) is 11.1. The summed E-state index contributed by atoms with van der Waals surface area (Å²) in [5, 5.41) is 6.00. The van der Waals surface area contributed by atoms with Crippen LogP contribution in [0.25, 0.3) is 11.1 Å². The van der Waals surface area contributed by atoms with Gasteiger partial charge in [0, 0.05) is 49.7 Å². The minimum atomic E-state index is -4.43. The minimum Gasteiger partial charge on any atom is -0.370 e. The third kappa shape index (κ3) is 7.91. The van der Waals surface area contributed by atoms with E-state index in [9.17, 15) is 22.8 Å². The third-order valence-corrected chi connectivity index (χ3v) is 7.99. The van der Waals surface area contributed by atoms with Gasteiger partial charge < -0.3 is 15.5 Å². The fraction of sp³-hybridized carbons (Fsp3) is 0.278. The number of rotatable bonds is 9. The minimum absolute atomic E-state index is 0.0245. The van der Waals surface area contributed by atoms with Crippen LogP contribution in [0.15, 0.2) is 103 Å². The van der Waals surface area contributed by atoms with E-state index in [1.165, 1.54) is 12.1 Å². The molecule has 0 aliphatic carbocycles. The van der Waals surface area contributed by atoms with Crippen molar-refractivity contribution >= 4 is 23.2 Å². The van der Waals surface area contributed by atoms with Crippen molar-refractivity contribution in [1.82, 2.24) is 10.2 Å². The molecule has 2 N–H and O–H groups in total. The van der Waals surface area contributed by atoms with Crippen LogP contribution in [0.5, 0.6) is 0 Å². The van der Waals surface area contributed by atoms with Gasteiger partial charge in [-0.15, -0.1) is 0 Å². The van der Waals surface area contributed by atoms with E-state index in [0.29, 0.717) is 28.9 Å². The standard InChI is InChI=1S/C36H37F3N4O2/c1-2-21-40-35(45)33(27-9-4-3-5-10-27)43-23-8-22-42(24-25-43)30-19-17-29(18-20-30)41-34(44)32-12-7-6-11-31(32)26-13-15-28(16-14-26)36(37,38)39/h3-7,9-20,33H,2,8,21-25H2,1H3,(H,40,45)(H,41,44). The van der Waals surface area contributed by atoms with Gasteiger partial charge in [-0.2, -0.15) is 13.2 Å². The number of halogens is 3. The number of nitrogens with one attached hydrogen (secondary N) is 2. The van der Waals surface area contributed by atoms with E-state index in [1.54, 1.807) is 24.3 Å². The molecule has 6 nitrogen and oxygen atoms in total. The smallest absolute Gasteiger partial charge is 0.370 e. The number of benzene rings is 4. The van der Waals surface area contributed by atoms with Crippen molar-refractivity contribution in [3.8, 4) is 11.1 Å². The Kier molecular flexibility index (Phi) is 10.2. The topological polar surface area (TPSA) is 64.7 Å². The molecule has 0 saturated carbocycles. The Hall–Kier alpha value is -4.63. The van der Waals surface area contributed by atoms with E-state index in [-0.39, 0.29) is 17.9 Å². The van der Waals surface area contributed by atoms with E-state index in [2.05, 4.69) is 20.4 Å². The molecule has 2 amide bonds. The van der Waals surface area contributed by atoms with Crippen LogP contribution in [-0.2, 0) is 11.0 Å². The molecule has 1 atom stereocenters. The summed E-state index contributed by atoms with van der Waals surface area (Å²) in [6, 6.07) is 28.9. The Labute approximate surface area is 261 Å². The quantitative estimate of drug-likeness (QED) is 0.206. The van der Waals surface area contributed by atoms with Crippen LogP contribution >= 0.6 is 0 Å². The molecule has 234 valence electrons. The maximum atomic E-state index is 13.3. The molecule has 1 saturated heterocycles. The maximum absolute atomic E-state index is 13.3. The Morgan fingerprint density at radius 1 is 0.800 bits per heavy atom. The number of nitrogens with zero attached hydrogens (tertiary/aromatic N) is 2. The summed E-state index contributed by atoms with van der Waals surface area (Å²) in [5.74, 6) is -0.326. The Balaban J connectivity index is 1.25. The lowest BCUT2D eigenvalue weighted by Gasteiger charge is -2.30. The Morgan fingerprint density at radius 2 is 1.49 bits per heavy atom. The van der Waals surface area contributed by atoms with Crippen molar-refractivity contribution < 1.29 is 22.8 Å². The molecule has 1 fully saturated rings. The van der Waals surface area contributed by atoms with E-state index in [4.69, 9.17) is 0 Å². The molecule has 0 spiro atoms. The van der Waals surface area contributed by atoms with Crippen LogP contribution in [0.1, 0.15) is 47.3 Å². The summed E-state index contributed by atoms with van der Waals surface area (Å²) in [6.07, 6.45) is -2.66. The summed E-state index contributed by atoms with van der Waals surface area (Å²) in [6.45, 7) is 5.78. The van der Waals surface area contributed by atoms with Crippen LogP contribution in [0.4, 0.5) is 24.5 Å². The lowest BCUT2D eigenvalue weighted by atomic mass is 9.98. The molecule has 1 unspecified atom stereocenters. The Morgan fingerprint density at radius 3 is 2.18 bits per heavy atom. The summed E-state index contributed by atoms with van der Waals surface area (Å²) >= 11 is 0. The Bertz CT molecular complexity index is 1570. The normalized spacial score (nSPS) is 14.8. The van der Waals surface area contributed by atoms with Gasteiger partial charge in [-0.25, -0.2) is 0 Å². The van der Waals surface area contributed by atoms with Crippen molar-refractivity contribution in [1.29, 1.82) is 0 Å². The van der Waals surface area contributed by atoms with E-state index in [1.807, 2.05) is 61.5 Å². The summed E-state index contributed by atoms with van der Waals surface area (Å²) < 4.78 is 39.1. The summed E-state index contributed by atoms with van der Waals surface area (Å²) in [7, 11) is 0. The predicted octanol–water partition coefficient (Wildman–Crippen LogP) is 7.40. The van der Waals surface area contributed by atoms with Crippen LogP contribution < -0.4 is 15.5 Å². The highest BCUT2D eigenvalue weighted by atomic mass is 19.4. The third-order valence-electron chi connectivity index (χ3n) is 7.99. The van der Waals surface area contributed by atoms with Gasteiger partial charge in [-0.3, -0.25) is 14.5 Å². The van der Waals surface area contributed by atoms with Gasteiger partial charge >= 0.3 is 6.18 Å². The van der Waals surface area contributed by atoms with Gasteiger partial charge in [0.15, 0.2) is 0 Å². The van der Waals surface area contributed by atoms with E-state index < -0.39 is 11.7 Å². The van der Waals surface area contributed by atoms with Crippen LogP contribution in [0.3, 0.4) is 0 Å². The van der Waals surface area contributed by atoms with Gasteiger partial charge in [0.2, 0.25) is 5.91 Å². The zero-order valence-electron chi connectivity index (χ0n) is 25.2. The molecule has 4 aromatic carbocycles. The SMILES string of the molecule is CCCNC(=O)C(c1ccccc1)N1CCCN(c2ccc(NC(=O)c3ccccc3-c3ccc(C(F)(F)F)cc3)cc2)CC1. The van der Waals surface area contributed by atoms with Gasteiger partial charge in [-0.05, 0) is 72.0 Å². The molecular formula is C36H37F3N4O2. The number of anilines is 2. The first-order valence-electron chi connectivity index (χ1n) is 15.2. The largest absolute Gasteiger partial charge is 0.416 e. The monoisotopic (exact) mass is 614 g/mol. The average Bonchev–Trinajstić information content (AvgIpc) is 3.30.